The molecule has 0 saturated carbocycles. The second-order valence-corrected chi connectivity index (χ2v) is 11.2. The smallest absolute Gasteiger partial charge is 0.244 e. The minimum absolute atomic E-state index is 0.0590. The largest absolute Gasteiger partial charge is 0.352 e. The van der Waals surface area contributed by atoms with E-state index in [9.17, 15) is 18.0 Å². The normalized spacial score (nSPS) is 13.1. The summed E-state index contributed by atoms with van der Waals surface area (Å²) in [6.45, 7) is 9.00. The van der Waals surface area contributed by atoms with Crippen LogP contribution in [0.3, 0.4) is 0 Å². The zero-order valence-corrected chi connectivity index (χ0v) is 22.9. The van der Waals surface area contributed by atoms with Crippen molar-refractivity contribution in [3.05, 3.63) is 64.2 Å². The van der Waals surface area contributed by atoms with Gasteiger partial charge in [0.05, 0.1) is 11.9 Å². The van der Waals surface area contributed by atoms with Gasteiger partial charge in [-0.2, -0.15) is 0 Å². The highest BCUT2D eigenvalue weighted by molar-refractivity contribution is 7.92. The molecule has 0 spiro atoms. The van der Waals surface area contributed by atoms with Gasteiger partial charge in [-0.05, 0) is 62.4 Å². The maximum atomic E-state index is 13.7. The molecule has 0 fully saturated rings. The molecule has 2 rings (SSSR count). The minimum atomic E-state index is -3.78. The fourth-order valence-corrected chi connectivity index (χ4v) is 4.85. The van der Waals surface area contributed by atoms with Crippen LogP contribution >= 0.6 is 11.6 Å². The van der Waals surface area contributed by atoms with E-state index < -0.39 is 28.5 Å². The highest BCUT2D eigenvalue weighted by atomic mass is 35.5. The first-order valence-electron chi connectivity index (χ1n) is 11.8. The fourth-order valence-electron chi connectivity index (χ4n) is 3.75. The van der Waals surface area contributed by atoms with E-state index in [1.165, 1.54) is 4.90 Å². The molecule has 0 saturated heterocycles. The maximum absolute atomic E-state index is 13.7. The number of carbonyl (C=O) groups excluding carboxylic acids is 2. The van der Waals surface area contributed by atoms with Gasteiger partial charge >= 0.3 is 0 Å². The van der Waals surface area contributed by atoms with Crippen LogP contribution < -0.4 is 9.62 Å². The van der Waals surface area contributed by atoms with E-state index in [0.29, 0.717) is 22.7 Å². The van der Waals surface area contributed by atoms with E-state index in [2.05, 4.69) is 5.32 Å². The zero-order chi connectivity index (χ0) is 26.3. The molecule has 35 heavy (non-hydrogen) atoms. The monoisotopic (exact) mass is 521 g/mol. The van der Waals surface area contributed by atoms with Crippen molar-refractivity contribution in [2.75, 3.05) is 17.1 Å². The van der Waals surface area contributed by atoms with Crippen LogP contribution in [-0.2, 0) is 26.2 Å². The molecule has 0 aliphatic rings. The van der Waals surface area contributed by atoms with Gasteiger partial charge in [0.15, 0.2) is 0 Å². The molecule has 9 heteroatoms. The van der Waals surface area contributed by atoms with Crippen LogP contribution in [-0.4, -0.2) is 50.0 Å². The second-order valence-electron chi connectivity index (χ2n) is 8.91. The minimum Gasteiger partial charge on any atom is -0.352 e. The third kappa shape index (κ3) is 7.70. The number of halogens is 1. The Kier molecular flexibility index (Phi) is 10.2. The Labute approximate surface area is 214 Å². The Bertz CT molecular complexity index is 1150. The average molecular weight is 522 g/mol. The van der Waals surface area contributed by atoms with Crippen LogP contribution in [0, 0.1) is 13.8 Å². The first-order valence-corrected chi connectivity index (χ1v) is 14.0. The number of nitrogens with one attached hydrogen (secondary N) is 1. The SMILES string of the molecule is CC[C@@H](C)NC(=O)[C@H](CC)N(Cc1ccccc1Cl)C(=O)CN(c1cc(C)ccc1C)S(C)(=O)=O. The quantitative estimate of drug-likeness (QED) is 0.473. The van der Waals surface area contributed by atoms with Crippen LogP contribution in [0.15, 0.2) is 42.5 Å². The van der Waals surface area contributed by atoms with Crippen molar-refractivity contribution in [3.8, 4) is 0 Å². The Morgan fingerprint density at radius 3 is 2.29 bits per heavy atom. The highest BCUT2D eigenvalue weighted by Gasteiger charge is 2.32. The molecule has 0 radical (unpaired) electrons. The molecule has 2 aromatic rings. The number of aryl methyl sites for hydroxylation is 2. The van der Waals surface area contributed by atoms with Crippen molar-refractivity contribution < 1.29 is 18.0 Å². The molecular formula is C26H36ClN3O4S. The van der Waals surface area contributed by atoms with Gasteiger partial charge in [-0.15, -0.1) is 0 Å². The molecule has 2 atom stereocenters. The summed E-state index contributed by atoms with van der Waals surface area (Å²) in [5.74, 6) is -0.762. The number of hydrogen-bond donors (Lipinski definition) is 1. The number of benzene rings is 2. The maximum Gasteiger partial charge on any atom is 0.244 e. The number of nitrogens with zero attached hydrogens (tertiary/aromatic N) is 2. The average Bonchev–Trinajstić information content (AvgIpc) is 2.79. The summed E-state index contributed by atoms with van der Waals surface area (Å²) in [4.78, 5) is 28.3. The second kappa shape index (κ2) is 12.4. The van der Waals surface area contributed by atoms with Crippen molar-refractivity contribution in [1.82, 2.24) is 10.2 Å². The van der Waals surface area contributed by atoms with E-state index in [0.717, 1.165) is 28.1 Å². The van der Waals surface area contributed by atoms with E-state index in [1.54, 1.807) is 31.2 Å². The third-order valence-corrected chi connectivity index (χ3v) is 7.49. The molecule has 192 valence electrons. The first kappa shape index (κ1) is 28.7. The van der Waals surface area contributed by atoms with Gasteiger partial charge in [-0.1, -0.05) is 55.8 Å². The van der Waals surface area contributed by atoms with Crippen LogP contribution in [0.5, 0.6) is 0 Å². The number of hydrogen-bond acceptors (Lipinski definition) is 4. The summed E-state index contributed by atoms with van der Waals surface area (Å²) >= 11 is 6.37. The number of rotatable bonds is 11. The van der Waals surface area contributed by atoms with Crippen molar-refractivity contribution in [2.24, 2.45) is 0 Å². The molecule has 0 aromatic heterocycles. The van der Waals surface area contributed by atoms with Gasteiger partial charge in [0.1, 0.15) is 12.6 Å². The summed E-state index contributed by atoms with van der Waals surface area (Å²) in [6.07, 6.45) is 2.18. The lowest BCUT2D eigenvalue weighted by Gasteiger charge is -2.34. The summed E-state index contributed by atoms with van der Waals surface area (Å²) in [5.41, 5.74) is 2.72. The van der Waals surface area contributed by atoms with Crippen LogP contribution in [0.4, 0.5) is 5.69 Å². The Morgan fingerprint density at radius 1 is 1.06 bits per heavy atom. The number of anilines is 1. The molecule has 0 aliphatic carbocycles. The van der Waals surface area contributed by atoms with Crippen molar-refractivity contribution in [1.29, 1.82) is 0 Å². The summed E-state index contributed by atoms with van der Waals surface area (Å²) in [5, 5.41) is 3.42. The van der Waals surface area contributed by atoms with E-state index in [4.69, 9.17) is 11.6 Å². The van der Waals surface area contributed by atoms with Crippen molar-refractivity contribution in [2.45, 2.75) is 66.1 Å². The molecule has 2 aromatic carbocycles. The number of sulfonamides is 1. The van der Waals surface area contributed by atoms with Crippen LogP contribution in [0.2, 0.25) is 5.02 Å². The topological polar surface area (TPSA) is 86.8 Å². The number of carbonyl (C=O) groups is 2. The molecule has 1 N–H and O–H groups in total. The van der Waals surface area contributed by atoms with Gasteiger partial charge in [0.25, 0.3) is 0 Å². The Morgan fingerprint density at radius 2 is 1.71 bits per heavy atom. The molecule has 0 bridgehead atoms. The molecule has 0 heterocycles. The van der Waals surface area contributed by atoms with E-state index in [1.807, 2.05) is 45.9 Å². The Balaban J connectivity index is 2.50. The van der Waals surface area contributed by atoms with Crippen LogP contribution in [0.1, 0.15) is 50.3 Å². The Hall–Kier alpha value is -2.58. The van der Waals surface area contributed by atoms with Crippen molar-refractivity contribution >= 4 is 39.1 Å². The molecule has 2 amide bonds. The van der Waals surface area contributed by atoms with Gasteiger partial charge in [-0.3, -0.25) is 13.9 Å². The zero-order valence-electron chi connectivity index (χ0n) is 21.3. The third-order valence-electron chi connectivity index (χ3n) is 6.00. The molecule has 7 nitrogen and oxygen atoms in total. The lowest BCUT2D eigenvalue weighted by Crippen LogP contribution is -2.53. The van der Waals surface area contributed by atoms with Gasteiger partial charge in [0.2, 0.25) is 21.8 Å². The summed E-state index contributed by atoms with van der Waals surface area (Å²) in [6, 6.07) is 11.7. The fraction of sp³-hybridized carbons (Fsp3) is 0.462. The van der Waals surface area contributed by atoms with Crippen molar-refractivity contribution in [3.63, 3.8) is 0 Å². The molecule has 0 unspecified atom stereocenters. The van der Waals surface area contributed by atoms with Crippen LogP contribution in [0.25, 0.3) is 0 Å². The summed E-state index contributed by atoms with van der Waals surface area (Å²) in [7, 11) is -3.78. The lowest BCUT2D eigenvalue weighted by molar-refractivity contribution is -0.140. The van der Waals surface area contributed by atoms with Gasteiger partial charge in [-0.25, -0.2) is 8.42 Å². The predicted molar refractivity (Wildman–Crippen MR) is 142 cm³/mol. The van der Waals surface area contributed by atoms with E-state index in [-0.39, 0.29) is 18.5 Å². The predicted octanol–water partition coefficient (Wildman–Crippen LogP) is 4.44. The highest BCUT2D eigenvalue weighted by Crippen LogP contribution is 2.25. The standard InChI is InChI=1S/C26H36ClN3O4S/c1-7-20(5)28-26(32)23(8-2)29(16-21-11-9-10-12-22(21)27)25(31)17-30(35(6,33)34)24-15-18(3)13-14-19(24)4/h9-15,20,23H,7-8,16-17H2,1-6H3,(H,28,32)/t20-,23+/m1/s1. The summed E-state index contributed by atoms with van der Waals surface area (Å²) < 4.78 is 26.7. The first-order chi connectivity index (χ1) is 16.4. The van der Waals surface area contributed by atoms with Gasteiger partial charge in [0, 0.05) is 17.6 Å². The van der Waals surface area contributed by atoms with Gasteiger partial charge < -0.3 is 10.2 Å². The van der Waals surface area contributed by atoms with E-state index >= 15 is 0 Å². The molecular weight excluding hydrogens is 486 g/mol. The molecule has 0 aliphatic heterocycles. The lowest BCUT2D eigenvalue weighted by atomic mass is 10.1. The number of amides is 2.